The van der Waals surface area contributed by atoms with E-state index in [0.29, 0.717) is 25.1 Å². The minimum absolute atomic E-state index is 0.123. The number of amides is 3. The van der Waals surface area contributed by atoms with Crippen LogP contribution in [0.2, 0.25) is 0 Å². The van der Waals surface area contributed by atoms with Gasteiger partial charge in [0, 0.05) is 30.4 Å². The predicted molar refractivity (Wildman–Crippen MR) is 106 cm³/mol. The Bertz CT molecular complexity index is 899. The fourth-order valence-electron chi connectivity index (χ4n) is 3.55. The second-order valence-corrected chi connectivity index (χ2v) is 7.02. The molecule has 28 heavy (non-hydrogen) atoms. The van der Waals surface area contributed by atoms with E-state index in [0.717, 1.165) is 29.2 Å². The molecule has 2 aromatic carbocycles. The highest BCUT2D eigenvalue weighted by Gasteiger charge is 2.28. The van der Waals surface area contributed by atoms with Gasteiger partial charge in [0.25, 0.3) is 0 Å². The number of hydrogen-bond donors (Lipinski definition) is 2. The van der Waals surface area contributed by atoms with Gasteiger partial charge in [-0.1, -0.05) is 12.1 Å². The van der Waals surface area contributed by atoms with Crippen molar-refractivity contribution in [1.82, 2.24) is 5.32 Å². The van der Waals surface area contributed by atoms with Crippen LogP contribution in [0.15, 0.2) is 42.5 Å². The maximum Gasteiger partial charge on any atom is 0.319 e. The van der Waals surface area contributed by atoms with Crippen molar-refractivity contribution in [2.45, 2.75) is 32.2 Å². The summed E-state index contributed by atoms with van der Waals surface area (Å²) in [6.07, 6.45) is 2.11. The van der Waals surface area contributed by atoms with Crippen LogP contribution in [0.25, 0.3) is 0 Å². The number of carbonyl (C=O) groups excluding carboxylic acids is 2. The standard InChI is InChI=1S/C21H23N3O4/c1-14-5-8-20(25)24(14)17-4-2-3-16(12-17)23-21(26)22-10-9-15-6-7-18-19(11-15)28-13-27-18/h2-4,6-7,11-12,14H,5,8-10,13H2,1H3,(H2,22,23,26)/t14-/m1/s1. The van der Waals surface area contributed by atoms with Crippen molar-refractivity contribution in [3.05, 3.63) is 48.0 Å². The van der Waals surface area contributed by atoms with Gasteiger partial charge < -0.3 is 25.0 Å². The van der Waals surface area contributed by atoms with Crippen molar-refractivity contribution in [2.24, 2.45) is 0 Å². The van der Waals surface area contributed by atoms with Crippen molar-refractivity contribution in [3.63, 3.8) is 0 Å². The molecule has 0 saturated carbocycles. The molecule has 7 heteroatoms. The van der Waals surface area contributed by atoms with Gasteiger partial charge in [-0.15, -0.1) is 0 Å². The second-order valence-electron chi connectivity index (χ2n) is 7.02. The molecule has 2 aliphatic rings. The predicted octanol–water partition coefficient (Wildman–Crippen LogP) is 3.29. The Morgan fingerprint density at radius 3 is 2.86 bits per heavy atom. The van der Waals surface area contributed by atoms with E-state index < -0.39 is 0 Å². The molecule has 2 aliphatic heterocycles. The summed E-state index contributed by atoms with van der Waals surface area (Å²) in [5, 5.41) is 5.68. The first-order valence-corrected chi connectivity index (χ1v) is 9.45. The van der Waals surface area contributed by atoms with Gasteiger partial charge in [-0.2, -0.15) is 0 Å². The van der Waals surface area contributed by atoms with Crippen molar-refractivity contribution in [3.8, 4) is 11.5 Å². The number of hydrogen-bond acceptors (Lipinski definition) is 4. The molecule has 2 heterocycles. The lowest BCUT2D eigenvalue weighted by Gasteiger charge is -2.22. The van der Waals surface area contributed by atoms with Gasteiger partial charge in [0.05, 0.1) is 0 Å². The Morgan fingerprint density at radius 1 is 1.18 bits per heavy atom. The zero-order valence-corrected chi connectivity index (χ0v) is 15.7. The van der Waals surface area contributed by atoms with Crippen LogP contribution in [0.1, 0.15) is 25.3 Å². The molecule has 1 saturated heterocycles. The highest BCUT2D eigenvalue weighted by Crippen LogP contribution is 2.32. The molecule has 1 fully saturated rings. The summed E-state index contributed by atoms with van der Waals surface area (Å²) in [5.74, 6) is 1.61. The van der Waals surface area contributed by atoms with E-state index in [2.05, 4.69) is 10.6 Å². The molecule has 0 aromatic heterocycles. The molecule has 2 N–H and O–H groups in total. The third-order valence-corrected chi connectivity index (χ3v) is 5.00. The van der Waals surface area contributed by atoms with Crippen LogP contribution < -0.4 is 25.0 Å². The van der Waals surface area contributed by atoms with E-state index >= 15 is 0 Å². The molecule has 0 bridgehead atoms. The van der Waals surface area contributed by atoms with Gasteiger partial charge in [0.1, 0.15) is 0 Å². The van der Waals surface area contributed by atoms with Crippen LogP contribution in [0.3, 0.4) is 0 Å². The zero-order chi connectivity index (χ0) is 19.5. The third kappa shape index (κ3) is 3.88. The van der Waals surface area contributed by atoms with E-state index in [1.807, 2.05) is 49.4 Å². The van der Waals surface area contributed by atoms with E-state index in [9.17, 15) is 9.59 Å². The molecule has 0 radical (unpaired) electrons. The van der Waals surface area contributed by atoms with E-state index in [1.165, 1.54) is 0 Å². The molecule has 146 valence electrons. The molecule has 0 unspecified atom stereocenters. The van der Waals surface area contributed by atoms with Gasteiger partial charge in [-0.3, -0.25) is 4.79 Å². The maximum atomic E-state index is 12.2. The van der Waals surface area contributed by atoms with Crippen LogP contribution in [-0.2, 0) is 11.2 Å². The van der Waals surface area contributed by atoms with E-state index in [1.54, 1.807) is 4.90 Å². The Kier molecular flexibility index (Phi) is 5.06. The third-order valence-electron chi connectivity index (χ3n) is 5.00. The van der Waals surface area contributed by atoms with Crippen molar-refractivity contribution in [1.29, 1.82) is 0 Å². The Hall–Kier alpha value is -3.22. The van der Waals surface area contributed by atoms with Crippen molar-refractivity contribution in [2.75, 3.05) is 23.6 Å². The molecule has 7 nitrogen and oxygen atoms in total. The summed E-state index contributed by atoms with van der Waals surface area (Å²) in [4.78, 5) is 26.1. The first-order chi connectivity index (χ1) is 13.6. The average Bonchev–Trinajstić information content (AvgIpc) is 3.27. The Labute approximate surface area is 163 Å². The van der Waals surface area contributed by atoms with Gasteiger partial charge >= 0.3 is 6.03 Å². The molecule has 3 amide bonds. The number of nitrogens with one attached hydrogen (secondary N) is 2. The minimum atomic E-state index is -0.279. The largest absolute Gasteiger partial charge is 0.454 e. The summed E-state index contributed by atoms with van der Waals surface area (Å²) < 4.78 is 10.7. The van der Waals surface area contributed by atoms with E-state index in [4.69, 9.17) is 9.47 Å². The first-order valence-electron chi connectivity index (χ1n) is 9.45. The normalized spacial score (nSPS) is 17.7. The van der Waals surface area contributed by atoms with Gasteiger partial charge in [-0.25, -0.2) is 4.79 Å². The summed E-state index contributed by atoms with van der Waals surface area (Å²) >= 11 is 0. The number of anilines is 2. The quantitative estimate of drug-likeness (QED) is 0.833. The lowest BCUT2D eigenvalue weighted by Crippen LogP contribution is -2.32. The van der Waals surface area contributed by atoms with Gasteiger partial charge in [-0.05, 0) is 55.7 Å². The van der Waals surface area contributed by atoms with Gasteiger partial charge in [0.15, 0.2) is 11.5 Å². The van der Waals surface area contributed by atoms with Crippen LogP contribution in [0.4, 0.5) is 16.2 Å². The lowest BCUT2D eigenvalue weighted by atomic mass is 10.1. The average molecular weight is 381 g/mol. The minimum Gasteiger partial charge on any atom is -0.454 e. The topological polar surface area (TPSA) is 79.9 Å². The summed E-state index contributed by atoms with van der Waals surface area (Å²) in [7, 11) is 0. The fourth-order valence-corrected chi connectivity index (χ4v) is 3.55. The van der Waals surface area contributed by atoms with Crippen LogP contribution in [-0.4, -0.2) is 31.3 Å². The molecule has 0 spiro atoms. The number of ether oxygens (including phenoxy) is 2. The Morgan fingerprint density at radius 2 is 2.04 bits per heavy atom. The molecule has 4 rings (SSSR count). The van der Waals surface area contributed by atoms with Crippen LogP contribution in [0, 0.1) is 0 Å². The molecular weight excluding hydrogens is 358 g/mol. The summed E-state index contributed by atoms with van der Waals surface area (Å²) in [5.41, 5.74) is 2.53. The molecular formula is C21H23N3O4. The molecule has 0 aliphatic carbocycles. The summed E-state index contributed by atoms with van der Waals surface area (Å²) in [6, 6.07) is 13.0. The number of nitrogens with zero attached hydrogens (tertiary/aromatic N) is 1. The van der Waals surface area contributed by atoms with Gasteiger partial charge in [0.2, 0.25) is 12.7 Å². The number of rotatable bonds is 5. The molecule has 2 aromatic rings. The SMILES string of the molecule is C[C@@H]1CCC(=O)N1c1cccc(NC(=O)NCCc2ccc3c(c2)OCO3)c1. The number of fused-ring (bicyclic) bond motifs is 1. The zero-order valence-electron chi connectivity index (χ0n) is 15.7. The van der Waals surface area contributed by atoms with Crippen LogP contribution >= 0.6 is 0 Å². The first kappa shape index (κ1) is 18.2. The number of carbonyl (C=O) groups is 2. The van der Waals surface area contributed by atoms with E-state index in [-0.39, 0.29) is 24.8 Å². The lowest BCUT2D eigenvalue weighted by molar-refractivity contribution is -0.117. The number of benzene rings is 2. The Balaban J connectivity index is 1.30. The van der Waals surface area contributed by atoms with Crippen LogP contribution in [0.5, 0.6) is 11.5 Å². The molecule has 1 atom stereocenters. The summed E-state index contributed by atoms with van der Waals surface area (Å²) in [6.45, 7) is 2.78. The maximum absolute atomic E-state index is 12.2. The monoisotopic (exact) mass is 381 g/mol. The number of urea groups is 1. The highest BCUT2D eigenvalue weighted by molar-refractivity contribution is 5.97. The fraction of sp³-hybridized carbons (Fsp3) is 0.333. The second kappa shape index (κ2) is 7.80. The smallest absolute Gasteiger partial charge is 0.319 e. The highest BCUT2D eigenvalue weighted by atomic mass is 16.7. The van der Waals surface area contributed by atoms with Crippen molar-refractivity contribution >= 4 is 23.3 Å². The van der Waals surface area contributed by atoms with Crippen molar-refractivity contribution < 1.29 is 19.1 Å².